The number of ether oxygens (including phenoxy) is 1. The summed E-state index contributed by atoms with van der Waals surface area (Å²) in [5.41, 5.74) is 1.13. The van der Waals surface area contributed by atoms with Gasteiger partial charge in [0, 0.05) is 36.8 Å². The molecule has 0 unspecified atom stereocenters. The molecule has 2 aliphatic heterocycles. The first kappa shape index (κ1) is 21.3. The number of benzene rings is 1. The predicted molar refractivity (Wildman–Crippen MR) is 121 cm³/mol. The van der Waals surface area contributed by atoms with Crippen LogP contribution < -0.4 is 0 Å². The fourth-order valence-corrected chi connectivity index (χ4v) is 5.83. The maximum Gasteiger partial charge on any atom is 0.264 e. The largest absolute Gasteiger partial charge is 0.378 e. The Balaban J connectivity index is 1.65. The number of rotatable bonds is 5. The van der Waals surface area contributed by atoms with Crippen molar-refractivity contribution in [1.82, 2.24) is 9.80 Å². The van der Waals surface area contributed by atoms with Crippen LogP contribution in [0, 0.1) is 5.92 Å². The molecule has 0 spiro atoms. The second-order valence-electron chi connectivity index (χ2n) is 8.85. The number of fused-ring (bicyclic) bond motifs is 1. The first-order valence-corrected chi connectivity index (χ1v) is 12.0. The number of hydrogen-bond donors (Lipinski definition) is 0. The van der Waals surface area contributed by atoms with Crippen molar-refractivity contribution in [2.24, 2.45) is 5.92 Å². The lowest BCUT2D eigenvalue weighted by Gasteiger charge is -2.36. The Morgan fingerprint density at radius 2 is 1.90 bits per heavy atom. The molecule has 2 saturated heterocycles. The van der Waals surface area contributed by atoms with E-state index in [0.717, 1.165) is 47.4 Å². The highest BCUT2D eigenvalue weighted by atomic mass is 32.1. The van der Waals surface area contributed by atoms with Crippen LogP contribution in [0.4, 0.5) is 0 Å². The molecular formula is C24H32N2O3S. The molecule has 1 aromatic heterocycles. The predicted octanol–water partition coefficient (Wildman–Crippen LogP) is 4.34. The van der Waals surface area contributed by atoms with E-state index in [1.807, 2.05) is 17.0 Å². The van der Waals surface area contributed by atoms with Gasteiger partial charge in [0.25, 0.3) is 5.91 Å². The number of likely N-dealkylation sites (tertiary alicyclic amines) is 1. The molecule has 2 aliphatic rings. The minimum Gasteiger partial charge on any atom is -0.378 e. The van der Waals surface area contributed by atoms with E-state index in [1.165, 1.54) is 5.39 Å². The molecule has 2 fully saturated rings. The molecule has 6 heteroatoms. The highest BCUT2D eigenvalue weighted by molar-refractivity contribution is 7.21. The number of carbonyl (C=O) groups is 2. The highest BCUT2D eigenvalue weighted by Gasteiger charge is 2.31. The molecule has 3 heterocycles. The third-order valence-corrected chi connectivity index (χ3v) is 7.36. The van der Waals surface area contributed by atoms with Crippen LogP contribution >= 0.6 is 11.3 Å². The van der Waals surface area contributed by atoms with Gasteiger partial charge in [-0.3, -0.25) is 9.59 Å². The minimum atomic E-state index is 0.116. The zero-order valence-corrected chi connectivity index (χ0v) is 18.9. The van der Waals surface area contributed by atoms with Gasteiger partial charge in [-0.05, 0) is 48.6 Å². The maximum atomic E-state index is 13.4. The van der Waals surface area contributed by atoms with Gasteiger partial charge in [-0.2, -0.15) is 0 Å². The van der Waals surface area contributed by atoms with Crippen molar-refractivity contribution >= 4 is 33.2 Å². The Bertz CT molecular complexity index is 901. The molecule has 0 radical (unpaired) electrons. The number of carbonyl (C=O) groups excluding carboxylic acids is 2. The second kappa shape index (κ2) is 9.48. The molecule has 30 heavy (non-hydrogen) atoms. The Hall–Kier alpha value is -1.92. The molecule has 0 N–H and O–H groups in total. The molecule has 5 nitrogen and oxygen atoms in total. The van der Waals surface area contributed by atoms with Crippen LogP contribution in [0.5, 0.6) is 0 Å². The van der Waals surface area contributed by atoms with E-state index < -0.39 is 0 Å². The van der Waals surface area contributed by atoms with Crippen molar-refractivity contribution in [3.63, 3.8) is 0 Å². The third kappa shape index (κ3) is 4.54. The van der Waals surface area contributed by atoms with Crippen LogP contribution in [-0.2, 0) is 16.0 Å². The van der Waals surface area contributed by atoms with Gasteiger partial charge in [0.05, 0.1) is 18.1 Å². The van der Waals surface area contributed by atoms with Crippen LogP contribution in [0.1, 0.15) is 54.8 Å². The lowest BCUT2D eigenvalue weighted by Crippen LogP contribution is -2.45. The number of nitrogens with zero attached hydrogens (tertiary/aromatic N) is 2. The molecule has 2 aromatic rings. The first-order valence-electron chi connectivity index (χ1n) is 11.2. The maximum absolute atomic E-state index is 13.4. The van der Waals surface area contributed by atoms with Crippen LogP contribution in [0.15, 0.2) is 24.3 Å². The summed E-state index contributed by atoms with van der Waals surface area (Å²) in [4.78, 5) is 31.2. The SMILES string of the molecule is CC(C)CC(=O)N1CCCC[C@H]1Cc1c(C(=O)N2CCOCC2)sc2ccccc12. The minimum absolute atomic E-state index is 0.116. The Labute approximate surface area is 183 Å². The second-order valence-corrected chi connectivity index (χ2v) is 9.90. The summed E-state index contributed by atoms with van der Waals surface area (Å²) in [6.07, 6.45) is 4.59. The molecule has 0 saturated carbocycles. The lowest BCUT2D eigenvalue weighted by molar-refractivity contribution is -0.135. The Morgan fingerprint density at radius 1 is 1.13 bits per heavy atom. The van der Waals surface area contributed by atoms with Gasteiger partial charge in [0.2, 0.25) is 5.91 Å². The summed E-state index contributed by atoms with van der Waals surface area (Å²) in [5, 5.41) is 1.17. The Morgan fingerprint density at radius 3 is 2.67 bits per heavy atom. The van der Waals surface area contributed by atoms with Gasteiger partial charge in [-0.1, -0.05) is 32.0 Å². The van der Waals surface area contributed by atoms with Gasteiger partial charge in [0.15, 0.2) is 0 Å². The molecular weight excluding hydrogens is 396 g/mol. The van der Waals surface area contributed by atoms with Gasteiger partial charge in [-0.25, -0.2) is 0 Å². The van der Waals surface area contributed by atoms with Crippen molar-refractivity contribution in [3.8, 4) is 0 Å². The fraction of sp³-hybridized carbons (Fsp3) is 0.583. The van der Waals surface area contributed by atoms with E-state index in [4.69, 9.17) is 4.74 Å². The fourth-order valence-electron chi connectivity index (χ4n) is 4.63. The Kier molecular flexibility index (Phi) is 6.74. The molecule has 4 rings (SSSR count). The first-order chi connectivity index (χ1) is 14.5. The lowest BCUT2D eigenvalue weighted by atomic mass is 9.93. The van der Waals surface area contributed by atoms with Crippen molar-refractivity contribution in [2.45, 2.75) is 52.0 Å². The van der Waals surface area contributed by atoms with Crippen LogP contribution in [0.3, 0.4) is 0 Å². The van der Waals surface area contributed by atoms with Crippen molar-refractivity contribution in [3.05, 3.63) is 34.7 Å². The average Bonchev–Trinajstić information content (AvgIpc) is 3.12. The van der Waals surface area contributed by atoms with Crippen LogP contribution in [0.2, 0.25) is 0 Å². The number of hydrogen-bond acceptors (Lipinski definition) is 4. The summed E-state index contributed by atoms with van der Waals surface area (Å²) < 4.78 is 6.59. The topological polar surface area (TPSA) is 49.9 Å². The third-order valence-electron chi connectivity index (χ3n) is 6.16. The van der Waals surface area contributed by atoms with E-state index in [-0.39, 0.29) is 17.9 Å². The number of morpholine rings is 1. The molecule has 1 atom stereocenters. The number of piperidine rings is 1. The van der Waals surface area contributed by atoms with Gasteiger partial charge >= 0.3 is 0 Å². The van der Waals surface area contributed by atoms with Crippen molar-refractivity contribution in [2.75, 3.05) is 32.8 Å². The smallest absolute Gasteiger partial charge is 0.264 e. The molecule has 1 aromatic carbocycles. The van der Waals surface area contributed by atoms with Gasteiger partial charge in [0.1, 0.15) is 0 Å². The summed E-state index contributed by atoms with van der Waals surface area (Å²) in [6.45, 7) is 7.54. The van der Waals surface area contributed by atoms with Crippen LogP contribution in [0.25, 0.3) is 10.1 Å². The van der Waals surface area contributed by atoms with E-state index >= 15 is 0 Å². The monoisotopic (exact) mass is 428 g/mol. The zero-order valence-electron chi connectivity index (χ0n) is 18.1. The average molecular weight is 429 g/mol. The standard InChI is InChI=1S/C24H32N2O3S/c1-17(2)15-22(27)26-10-6-5-7-18(26)16-20-19-8-3-4-9-21(19)30-23(20)24(28)25-11-13-29-14-12-25/h3-4,8-9,17-18H,5-7,10-16H2,1-2H3/t18-/m0/s1. The summed E-state index contributed by atoms with van der Waals surface area (Å²) >= 11 is 1.60. The van der Waals surface area contributed by atoms with Crippen molar-refractivity contribution in [1.29, 1.82) is 0 Å². The van der Waals surface area contributed by atoms with E-state index in [9.17, 15) is 9.59 Å². The van der Waals surface area contributed by atoms with Crippen LogP contribution in [-0.4, -0.2) is 60.5 Å². The van der Waals surface area contributed by atoms with Gasteiger partial charge in [-0.15, -0.1) is 11.3 Å². The molecule has 162 valence electrons. The van der Waals surface area contributed by atoms with E-state index in [1.54, 1.807) is 11.3 Å². The molecule has 2 amide bonds. The quantitative estimate of drug-likeness (QED) is 0.712. The number of amides is 2. The summed E-state index contributed by atoms with van der Waals surface area (Å²) in [7, 11) is 0. The highest BCUT2D eigenvalue weighted by Crippen LogP contribution is 2.35. The van der Waals surface area contributed by atoms with E-state index in [2.05, 4.69) is 30.9 Å². The number of thiophene rings is 1. The summed E-state index contributed by atoms with van der Waals surface area (Å²) in [5.74, 6) is 0.737. The van der Waals surface area contributed by atoms with Crippen molar-refractivity contribution < 1.29 is 14.3 Å². The normalized spacial score (nSPS) is 20.2. The molecule has 0 bridgehead atoms. The van der Waals surface area contributed by atoms with Gasteiger partial charge < -0.3 is 14.5 Å². The molecule has 0 aliphatic carbocycles. The summed E-state index contributed by atoms with van der Waals surface area (Å²) in [6, 6.07) is 8.48. The zero-order chi connectivity index (χ0) is 21.1. The van der Waals surface area contributed by atoms with E-state index in [0.29, 0.717) is 38.6 Å².